The molecule has 1 spiro atoms. The Morgan fingerprint density at radius 2 is 1.87 bits per heavy atom. The molecule has 9 heteroatoms. The number of ether oxygens (including phenoxy) is 3. The summed E-state index contributed by atoms with van der Waals surface area (Å²) in [5.41, 5.74) is 12.5. The Labute approximate surface area is 365 Å². The summed E-state index contributed by atoms with van der Waals surface area (Å²) in [4.78, 5) is 17.9. The van der Waals surface area contributed by atoms with Crippen molar-refractivity contribution in [3.05, 3.63) is 124 Å². The minimum Gasteiger partial charge on any atom is -0.508 e. The summed E-state index contributed by atoms with van der Waals surface area (Å²) in [7, 11) is 3.30. The van der Waals surface area contributed by atoms with Crippen molar-refractivity contribution in [1.29, 1.82) is 0 Å². The summed E-state index contributed by atoms with van der Waals surface area (Å²) in [6.07, 6.45) is 21.9. The molecule has 2 heterocycles. The van der Waals surface area contributed by atoms with Gasteiger partial charge in [0.2, 0.25) is 0 Å². The van der Waals surface area contributed by atoms with Crippen LogP contribution >= 0.6 is 0 Å². The topological polar surface area (TPSA) is 136 Å². The number of phenols is 1. The fourth-order valence-corrected chi connectivity index (χ4v) is 10.1. The Balaban J connectivity index is 1.09. The molecule has 3 aliphatic carbocycles. The van der Waals surface area contributed by atoms with Crippen LogP contribution in [0.1, 0.15) is 110 Å². The SMILES string of the molecule is CN=C(N)Nc1cccc(CCCC[C@H]2C=CC(O)=C[C@H]2C[C@H]2CC(=O)CCc3ccc(OC)c(c3)OCc3ccc4c(c(O)cc5c4c3C=C[C@H]5C)C3(C#CO2)CCCC3)c1. The van der Waals surface area contributed by atoms with Gasteiger partial charge in [-0.15, -0.1) is 0 Å². The maximum atomic E-state index is 13.9. The number of anilines is 1. The number of hydrogen-bond donors (Lipinski definition) is 4. The third kappa shape index (κ3) is 9.35. The summed E-state index contributed by atoms with van der Waals surface area (Å²) >= 11 is 0. The Hall–Kier alpha value is -6.14. The van der Waals surface area contributed by atoms with Crippen molar-refractivity contribution in [2.75, 3.05) is 19.5 Å². The van der Waals surface area contributed by atoms with E-state index in [1.165, 1.54) is 5.56 Å². The largest absolute Gasteiger partial charge is 0.508 e. The highest BCUT2D eigenvalue weighted by atomic mass is 16.5. The lowest BCUT2D eigenvalue weighted by Crippen LogP contribution is -2.25. The van der Waals surface area contributed by atoms with Crippen molar-refractivity contribution in [3.63, 3.8) is 0 Å². The average Bonchev–Trinajstić information content (AvgIpc) is 3.74. The molecule has 1 fully saturated rings. The van der Waals surface area contributed by atoms with Crippen LogP contribution in [0.4, 0.5) is 5.69 Å². The number of rotatable bonds is 9. The van der Waals surface area contributed by atoms with Crippen LogP contribution in [0.25, 0.3) is 16.8 Å². The number of carbonyl (C=O) groups excluding carboxylic acids is 1. The van der Waals surface area contributed by atoms with Gasteiger partial charge in [0.15, 0.2) is 17.5 Å². The van der Waals surface area contributed by atoms with Gasteiger partial charge in [-0.25, -0.2) is 0 Å². The number of fused-ring (bicyclic) bond motifs is 8. The van der Waals surface area contributed by atoms with E-state index in [0.29, 0.717) is 43.3 Å². The van der Waals surface area contributed by atoms with Crippen molar-refractivity contribution < 1.29 is 29.2 Å². The number of hydrogen-bond acceptors (Lipinski definition) is 7. The van der Waals surface area contributed by atoms with Gasteiger partial charge in [0.25, 0.3) is 0 Å². The third-order valence-electron chi connectivity index (χ3n) is 13.4. The van der Waals surface area contributed by atoms with E-state index in [2.05, 4.69) is 71.8 Å². The highest BCUT2D eigenvalue weighted by molar-refractivity contribution is 6.01. The van der Waals surface area contributed by atoms with Crippen molar-refractivity contribution in [1.82, 2.24) is 0 Å². The van der Waals surface area contributed by atoms with Gasteiger partial charge in [-0.3, -0.25) is 9.79 Å². The molecule has 2 aliphatic heterocycles. The maximum Gasteiger partial charge on any atom is 0.192 e. The highest BCUT2D eigenvalue weighted by Gasteiger charge is 2.39. The molecule has 0 aromatic heterocycles. The summed E-state index contributed by atoms with van der Waals surface area (Å²) in [5.74, 6) is 6.04. The van der Waals surface area contributed by atoms with E-state index >= 15 is 0 Å². The number of methoxy groups -OCH3 is 1. The van der Waals surface area contributed by atoms with Crippen molar-refractivity contribution in [2.45, 2.75) is 108 Å². The van der Waals surface area contributed by atoms with E-state index < -0.39 is 11.5 Å². The number of aliphatic hydroxyl groups excluding tert-OH is 1. The Bertz CT molecular complexity index is 2500. The van der Waals surface area contributed by atoms with E-state index in [1.54, 1.807) is 20.2 Å². The molecule has 5 N–H and O–H groups in total. The van der Waals surface area contributed by atoms with Crippen molar-refractivity contribution in [2.24, 2.45) is 22.6 Å². The molecule has 1 saturated carbocycles. The van der Waals surface area contributed by atoms with E-state index in [-0.39, 0.29) is 41.5 Å². The number of benzene rings is 4. The maximum absolute atomic E-state index is 13.9. The second-order valence-corrected chi connectivity index (χ2v) is 17.5. The zero-order valence-electron chi connectivity index (χ0n) is 36.2. The van der Waals surface area contributed by atoms with Gasteiger partial charge in [-0.1, -0.05) is 74.7 Å². The lowest BCUT2D eigenvalue weighted by molar-refractivity contribution is -0.121. The second-order valence-electron chi connectivity index (χ2n) is 17.5. The van der Waals surface area contributed by atoms with Crippen LogP contribution in [0.5, 0.6) is 17.2 Å². The van der Waals surface area contributed by atoms with Gasteiger partial charge in [0.1, 0.15) is 36.1 Å². The van der Waals surface area contributed by atoms with Gasteiger partial charge in [0, 0.05) is 37.1 Å². The Kier molecular flexibility index (Phi) is 12.9. The van der Waals surface area contributed by atoms with Crippen LogP contribution in [-0.4, -0.2) is 42.2 Å². The fourth-order valence-electron chi connectivity index (χ4n) is 10.1. The minimum absolute atomic E-state index is 0.0412. The number of nitrogens with two attached hydrogens (primary N) is 1. The number of aliphatic hydroxyl groups is 1. The molecule has 4 atom stereocenters. The first kappa shape index (κ1) is 42.5. The second kappa shape index (κ2) is 18.9. The van der Waals surface area contributed by atoms with E-state index in [4.69, 9.17) is 19.9 Å². The average molecular weight is 834 g/mol. The van der Waals surface area contributed by atoms with Gasteiger partial charge >= 0.3 is 0 Å². The Morgan fingerprint density at radius 1 is 1.02 bits per heavy atom. The normalized spacial score (nSPS) is 22.0. The van der Waals surface area contributed by atoms with Crippen molar-refractivity contribution in [3.8, 4) is 29.3 Å². The molecule has 5 aliphatic rings. The van der Waals surface area contributed by atoms with Gasteiger partial charge in [0.05, 0.1) is 12.5 Å². The Morgan fingerprint density at radius 3 is 2.69 bits per heavy atom. The number of ketones is 1. The lowest BCUT2D eigenvalue weighted by atomic mass is 9.73. The molecule has 4 aromatic rings. The molecule has 4 aromatic carbocycles. The van der Waals surface area contributed by atoms with Gasteiger partial charge in [-0.05, 0) is 144 Å². The zero-order valence-corrected chi connectivity index (χ0v) is 36.2. The standard InChI is InChI=1S/C53H59N3O6/c1-34-13-20-44-38-17-21-45-50(44)46(34)32-47(59)51(45)53(23-6-7-24-53)25-26-61-43(31-42(58)18-14-36-15-22-48(60-3)49(28-36)62-33-38)30-39-29-41(57)19-16-37(39)11-5-4-9-35-10-8-12-40(27-35)56-52(54)55-2/h8,10,12-13,15-17,19-22,27-29,32,34,37,39,43,57,59H,4-7,9,11,14,18,23-24,30-31,33H2,1-3H3,(H3,54,55,56)/t34-,37+,39+,43+/m1/s1. The molecule has 9 nitrogen and oxygen atoms in total. The van der Waals surface area contributed by atoms with Crippen LogP contribution in [-0.2, 0) is 34.4 Å². The number of nitrogens with one attached hydrogen (secondary N) is 1. The van der Waals surface area contributed by atoms with E-state index in [0.717, 1.165) is 95.6 Å². The quantitative estimate of drug-likeness (QED) is 0.0567. The predicted molar refractivity (Wildman–Crippen MR) is 248 cm³/mol. The number of nitrogens with zero attached hydrogens (tertiary/aromatic N) is 1. The summed E-state index contributed by atoms with van der Waals surface area (Å²) < 4.78 is 18.8. The predicted octanol–water partition coefficient (Wildman–Crippen LogP) is 10.7. The fraction of sp³-hybridized carbons (Fsp3) is 0.396. The summed E-state index contributed by atoms with van der Waals surface area (Å²) in [5, 5.41) is 27.9. The molecule has 0 amide bonds. The first-order valence-electron chi connectivity index (χ1n) is 22.3. The number of Topliss-reactive ketones (excluding diaryl/α,β-unsaturated/α-hetero) is 1. The highest BCUT2D eigenvalue weighted by Crippen LogP contribution is 2.51. The minimum atomic E-state index is -0.619. The number of carbonyl (C=O) groups is 1. The number of unbranched alkanes of at least 4 members (excludes halogenated alkanes) is 1. The molecule has 0 unspecified atom stereocenters. The number of guanidine groups is 1. The van der Waals surface area contributed by atoms with Crippen LogP contribution in [0.2, 0.25) is 0 Å². The molecule has 9 rings (SSSR count). The first-order chi connectivity index (χ1) is 30.1. The molecule has 322 valence electrons. The van der Waals surface area contributed by atoms with Crippen LogP contribution < -0.4 is 20.5 Å². The number of aryl methyl sites for hydroxylation is 2. The van der Waals surface area contributed by atoms with E-state index in [9.17, 15) is 15.0 Å². The number of allylic oxidation sites excluding steroid dienone is 4. The van der Waals surface area contributed by atoms with Crippen LogP contribution in [0, 0.1) is 23.9 Å². The third-order valence-corrected chi connectivity index (χ3v) is 13.4. The monoisotopic (exact) mass is 833 g/mol. The van der Waals surface area contributed by atoms with Crippen LogP contribution in [0.3, 0.4) is 0 Å². The molecule has 62 heavy (non-hydrogen) atoms. The molecule has 0 radical (unpaired) electrons. The lowest BCUT2D eigenvalue weighted by Gasteiger charge is -2.30. The zero-order chi connectivity index (χ0) is 43.2. The summed E-state index contributed by atoms with van der Waals surface area (Å²) in [6, 6.07) is 20.3. The number of aliphatic imine (C=N–C) groups is 1. The van der Waals surface area contributed by atoms with Crippen LogP contribution in [0.15, 0.2) is 95.7 Å². The van der Waals surface area contributed by atoms with Gasteiger partial charge < -0.3 is 35.5 Å². The van der Waals surface area contributed by atoms with Gasteiger partial charge in [-0.2, -0.15) is 0 Å². The summed E-state index contributed by atoms with van der Waals surface area (Å²) in [6.45, 7) is 2.49. The smallest absolute Gasteiger partial charge is 0.192 e. The molecule has 0 saturated heterocycles. The first-order valence-corrected chi connectivity index (χ1v) is 22.3. The molecular weight excluding hydrogens is 775 g/mol. The van der Waals surface area contributed by atoms with E-state index in [1.807, 2.05) is 42.5 Å². The van der Waals surface area contributed by atoms with Crippen molar-refractivity contribution >= 4 is 34.3 Å². The molecule has 6 bridgehead atoms. The number of aromatic hydroxyl groups is 1. The molecular formula is C53H59N3O6. The number of phenolic OH excluding ortho intramolecular Hbond substituents is 1.